The van der Waals surface area contributed by atoms with Crippen molar-refractivity contribution in [3.63, 3.8) is 0 Å². The summed E-state index contributed by atoms with van der Waals surface area (Å²) in [5.74, 6) is -0.283. The highest BCUT2D eigenvalue weighted by Crippen LogP contribution is 2.19. The summed E-state index contributed by atoms with van der Waals surface area (Å²) in [7, 11) is 1.37. The minimum absolute atomic E-state index is 0.196. The lowest BCUT2D eigenvalue weighted by molar-refractivity contribution is -0.139. The third-order valence-corrected chi connectivity index (χ3v) is 3.32. The molecule has 4 nitrogen and oxygen atoms in total. The Morgan fingerprint density at radius 1 is 1.62 bits per heavy atom. The van der Waals surface area contributed by atoms with Gasteiger partial charge in [0, 0.05) is 9.77 Å². The molecule has 0 aliphatic carbocycles. The molecule has 6 heteroatoms. The van der Waals surface area contributed by atoms with Gasteiger partial charge in [-0.3, -0.25) is 9.20 Å². The van der Waals surface area contributed by atoms with Crippen LogP contribution in [0.5, 0.6) is 0 Å². The van der Waals surface area contributed by atoms with Crippen molar-refractivity contribution in [1.29, 1.82) is 0 Å². The summed E-state index contributed by atoms with van der Waals surface area (Å²) in [6, 6.07) is 3.93. The molecule has 0 atom stereocenters. The largest absolute Gasteiger partial charge is 0.469 e. The molecule has 0 aromatic carbocycles. The molecule has 2 aromatic rings. The average molecular weight is 395 g/mol. The number of esters is 1. The maximum Gasteiger partial charge on any atom is 0.311 e. The maximum absolute atomic E-state index is 11.1. The first-order valence-electron chi connectivity index (χ1n) is 4.50. The molecule has 0 bridgehead atoms. The first-order valence-corrected chi connectivity index (χ1v) is 6.37. The zero-order valence-electron chi connectivity index (χ0n) is 8.41. The van der Waals surface area contributed by atoms with Gasteiger partial charge >= 0.3 is 5.97 Å². The van der Waals surface area contributed by atoms with Gasteiger partial charge in [-0.15, -0.1) is 0 Å². The van der Waals surface area contributed by atoms with Crippen LogP contribution < -0.4 is 0 Å². The van der Waals surface area contributed by atoms with Crippen molar-refractivity contribution in [2.75, 3.05) is 7.11 Å². The van der Waals surface area contributed by atoms with E-state index in [0.717, 1.165) is 13.8 Å². The van der Waals surface area contributed by atoms with Crippen molar-refractivity contribution in [3.05, 3.63) is 32.2 Å². The Labute approximate surface area is 114 Å². The molecule has 0 fully saturated rings. The number of pyridine rings is 1. The van der Waals surface area contributed by atoms with Crippen LogP contribution in [0.25, 0.3) is 5.65 Å². The molecule has 0 saturated carbocycles. The van der Waals surface area contributed by atoms with Gasteiger partial charge in [0.25, 0.3) is 0 Å². The molecule has 0 radical (unpaired) electrons. The van der Waals surface area contributed by atoms with E-state index in [2.05, 4.69) is 48.2 Å². The fourth-order valence-corrected chi connectivity index (χ4v) is 2.90. The molecule has 0 aliphatic heterocycles. The Kier molecular flexibility index (Phi) is 3.48. The van der Waals surface area contributed by atoms with E-state index in [1.807, 2.05) is 22.7 Å². The molecule has 16 heavy (non-hydrogen) atoms. The van der Waals surface area contributed by atoms with Crippen molar-refractivity contribution >= 4 is 50.1 Å². The lowest BCUT2D eigenvalue weighted by atomic mass is 10.3. The third-order valence-electron chi connectivity index (χ3n) is 2.09. The van der Waals surface area contributed by atoms with Crippen molar-refractivity contribution in [1.82, 2.24) is 9.38 Å². The van der Waals surface area contributed by atoms with Gasteiger partial charge in [-0.05, 0) is 50.7 Å². The van der Waals surface area contributed by atoms with E-state index in [4.69, 9.17) is 0 Å². The number of aromatic nitrogens is 2. The van der Waals surface area contributed by atoms with Gasteiger partial charge in [0.05, 0.1) is 23.8 Å². The molecular formula is C10H8BrIN2O2. The number of imidazole rings is 1. The number of carbonyl (C=O) groups excluding carboxylic acids is 1. The lowest BCUT2D eigenvalue weighted by Gasteiger charge is -1.97. The van der Waals surface area contributed by atoms with Gasteiger partial charge in [0.2, 0.25) is 0 Å². The summed E-state index contributed by atoms with van der Waals surface area (Å²) in [5, 5.41) is 0. The molecule has 0 amide bonds. The fraction of sp³-hybridized carbons (Fsp3) is 0.200. The van der Waals surface area contributed by atoms with E-state index in [1.54, 1.807) is 0 Å². The SMILES string of the molecule is COC(=O)Cc1cn2c(Br)cc(I)cc2n1. The monoisotopic (exact) mass is 394 g/mol. The van der Waals surface area contributed by atoms with Gasteiger partial charge in [0.15, 0.2) is 0 Å². The second-order valence-electron chi connectivity index (χ2n) is 3.21. The number of nitrogens with zero attached hydrogens (tertiary/aromatic N) is 2. The quantitative estimate of drug-likeness (QED) is 0.446. The Bertz CT molecular complexity index is 553. The number of rotatable bonds is 2. The van der Waals surface area contributed by atoms with Crippen LogP contribution in [0.1, 0.15) is 5.69 Å². The van der Waals surface area contributed by atoms with Crippen molar-refractivity contribution in [2.24, 2.45) is 0 Å². The third kappa shape index (κ3) is 2.37. The number of carbonyl (C=O) groups is 1. The van der Waals surface area contributed by atoms with Gasteiger partial charge in [-0.25, -0.2) is 4.98 Å². The van der Waals surface area contributed by atoms with Crippen LogP contribution >= 0.6 is 38.5 Å². The van der Waals surface area contributed by atoms with Gasteiger partial charge in [-0.1, -0.05) is 0 Å². The lowest BCUT2D eigenvalue weighted by Crippen LogP contribution is -2.04. The Morgan fingerprint density at radius 3 is 3.06 bits per heavy atom. The second kappa shape index (κ2) is 4.70. The van der Waals surface area contributed by atoms with Gasteiger partial charge in [0.1, 0.15) is 5.65 Å². The topological polar surface area (TPSA) is 43.6 Å². The summed E-state index contributed by atoms with van der Waals surface area (Å²) in [6.45, 7) is 0. The van der Waals surface area contributed by atoms with Gasteiger partial charge in [-0.2, -0.15) is 0 Å². The zero-order chi connectivity index (χ0) is 11.7. The van der Waals surface area contributed by atoms with E-state index >= 15 is 0 Å². The predicted molar refractivity (Wildman–Crippen MR) is 71.3 cm³/mol. The Balaban J connectivity index is 2.44. The maximum atomic E-state index is 11.1. The normalized spacial score (nSPS) is 10.7. The van der Waals surface area contributed by atoms with Crippen LogP contribution in [0.3, 0.4) is 0 Å². The van der Waals surface area contributed by atoms with E-state index in [0.29, 0.717) is 5.69 Å². The molecule has 0 spiro atoms. The first-order chi connectivity index (χ1) is 7.60. The Hall–Kier alpha value is -0.630. The molecular weight excluding hydrogens is 387 g/mol. The van der Waals surface area contributed by atoms with Crippen LogP contribution in [0.15, 0.2) is 22.9 Å². The summed E-state index contributed by atoms with van der Waals surface area (Å²) in [6.07, 6.45) is 2.02. The predicted octanol–water partition coefficient (Wildman–Crippen LogP) is 2.42. The van der Waals surface area contributed by atoms with Crippen LogP contribution in [-0.2, 0) is 16.0 Å². The molecule has 0 saturated heterocycles. The van der Waals surface area contributed by atoms with Crippen molar-refractivity contribution in [3.8, 4) is 0 Å². The molecule has 2 rings (SSSR count). The van der Waals surface area contributed by atoms with E-state index in [9.17, 15) is 4.79 Å². The molecule has 2 heterocycles. The number of hydrogen-bond donors (Lipinski definition) is 0. The van der Waals surface area contributed by atoms with Crippen molar-refractivity contribution < 1.29 is 9.53 Å². The summed E-state index contributed by atoms with van der Waals surface area (Å²) >= 11 is 5.67. The van der Waals surface area contributed by atoms with Crippen LogP contribution in [0.2, 0.25) is 0 Å². The number of hydrogen-bond acceptors (Lipinski definition) is 3. The van der Waals surface area contributed by atoms with E-state index in [-0.39, 0.29) is 12.4 Å². The highest BCUT2D eigenvalue weighted by atomic mass is 127. The number of ether oxygens (including phenoxy) is 1. The summed E-state index contributed by atoms with van der Waals surface area (Å²) in [5.41, 5.74) is 1.52. The summed E-state index contributed by atoms with van der Waals surface area (Å²) in [4.78, 5) is 15.5. The highest BCUT2D eigenvalue weighted by Gasteiger charge is 2.09. The molecule has 2 aromatic heterocycles. The second-order valence-corrected chi connectivity index (χ2v) is 5.27. The summed E-state index contributed by atoms with van der Waals surface area (Å²) < 4.78 is 8.50. The number of methoxy groups -OCH3 is 1. The first kappa shape index (κ1) is 11.8. The molecule has 0 N–H and O–H groups in total. The molecule has 84 valence electrons. The number of fused-ring (bicyclic) bond motifs is 1. The van der Waals surface area contributed by atoms with Crippen LogP contribution in [-0.4, -0.2) is 22.5 Å². The minimum Gasteiger partial charge on any atom is -0.469 e. The fourth-order valence-electron chi connectivity index (χ4n) is 1.37. The van der Waals surface area contributed by atoms with E-state index < -0.39 is 0 Å². The average Bonchev–Trinajstić information content (AvgIpc) is 2.60. The smallest absolute Gasteiger partial charge is 0.311 e. The van der Waals surface area contributed by atoms with E-state index in [1.165, 1.54) is 7.11 Å². The van der Waals surface area contributed by atoms with Crippen LogP contribution in [0.4, 0.5) is 0 Å². The number of halogens is 2. The minimum atomic E-state index is -0.283. The highest BCUT2D eigenvalue weighted by molar-refractivity contribution is 14.1. The van der Waals surface area contributed by atoms with Crippen LogP contribution in [0, 0.1) is 3.57 Å². The molecule has 0 aliphatic rings. The Morgan fingerprint density at radius 2 is 2.38 bits per heavy atom. The van der Waals surface area contributed by atoms with Crippen molar-refractivity contribution in [2.45, 2.75) is 6.42 Å². The zero-order valence-corrected chi connectivity index (χ0v) is 12.1. The van der Waals surface area contributed by atoms with Gasteiger partial charge < -0.3 is 4.74 Å². The molecule has 0 unspecified atom stereocenters. The standard InChI is InChI=1S/C10H8BrIN2O2/c1-16-10(15)4-7-5-14-8(11)2-6(12)3-9(14)13-7/h2-3,5H,4H2,1H3.